The Morgan fingerprint density at radius 1 is 1.33 bits per heavy atom. The van der Waals surface area contributed by atoms with Crippen molar-refractivity contribution in [2.75, 3.05) is 19.8 Å². The third kappa shape index (κ3) is 2.52. The van der Waals surface area contributed by atoms with Crippen molar-refractivity contribution in [1.29, 1.82) is 0 Å². The molecule has 3 rings (SSSR count). The summed E-state index contributed by atoms with van der Waals surface area (Å²) in [5.74, 6) is 1.06. The summed E-state index contributed by atoms with van der Waals surface area (Å²) in [5.41, 5.74) is 2.82. The molecule has 3 heteroatoms. The first-order chi connectivity index (χ1) is 8.75. The predicted molar refractivity (Wildman–Crippen MR) is 70.9 cm³/mol. The third-order valence-corrected chi connectivity index (χ3v) is 3.91. The molecule has 1 saturated heterocycles. The van der Waals surface area contributed by atoms with Crippen molar-refractivity contribution < 1.29 is 9.47 Å². The van der Waals surface area contributed by atoms with Crippen LogP contribution in [0.25, 0.3) is 0 Å². The van der Waals surface area contributed by atoms with Gasteiger partial charge in [-0.2, -0.15) is 0 Å². The van der Waals surface area contributed by atoms with Gasteiger partial charge in [0.05, 0.1) is 13.2 Å². The molecule has 0 saturated carbocycles. The van der Waals surface area contributed by atoms with Gasteiger partial charge in [-0.05, 0) is 37.0 Å². The van der Waals surface area contributed by atoms with Gasteiger partial charge in [0.15, 0.2) is 0 Å². The highest BCUT2D eigenvalue weighted by Crippen LogP contribution is 2.26. The van der Waals surface area contributed by atoms with Gasteiger partial charge in [0.25, 0.3) is 0 Å². The van der Waals surface area contributed by atoms with E-state index in [-0.39, 0.29) is 5.54 Å². The van der Waals surface area contributed by atoms with E-state index in [0.717, 1.165) is 45.0 Å². The van der Waals surface area contributed by atoms with Crippen molar-refractivity contribution in [3.05, 3.63) is 29.3 Å². The van der Waals surface area contributed by atoms with Crippen molar-refractivity contribution >= 4 is 0 Å². The van der Waals surface area contributed by atoms with E-state index < -0.39 is 0 Å². The van der Waals surface area contributed by atoms with Crippen LogP contribution in [0.2, 0.25) is 0 Å². The van der Waals surface area contributed by atoms with E-state index in [1.165, 1.54) is 17.5 Å². The van der Waals surface area contributed by atoms with Crippen LogP contribution in [0.15, 0.2) is 18.2 Å². The molecule has 2 aliphatic heterocycles. The lowest BCUT2D eigenvalue weighted by Gasteiger charge is -2.34. The smallest absolute Gasteiger partial charge is 0.122 e. The maximum Gasteiger partial charge on any atom is 0.122 e. The van der Waals surface area contributed by atoms with Gasteiger partial charge < -0.3 is 14.8 Å². The summed E-state index contributed by atoms with van der Waals surface area (Å²) < 4.78 is 11.1. The van der Waals surface area contributed by atoms with Gasteiger partial charge in [0.2, 0.25) is 0 Å². The van der Waals surface area contributed by atoms with Gasteiger partial charge in [-0.1, -0.05) is 12.1 Å². The molecule has 98 valence electrons. The molecule has 1 atom stereocenters. The first kappa shape index (κ1) is 12.0. The largest absolute Gasteiger partial charge is 0.493 e. The Balaban J connectivity index is 1.62. The van der Waals surface area contributed by atoms with Crippen LogP contribution >= 0.6 is 0 Å². The Bertz CT molecular complexity index is 425. The molecule has 1 N–H and O–H groups in total. The van der Waals surface area contributed by atoms with Crippen LogP contribution in [0.3, 0.4) is 0 Å². The molecule has 2 aliphatic rings. The van der Waals surface area contributed by atoms with Crippen LogP contribution in [0.1, 0.15) is 30.9 Å². The molecule has 0 amide bonds. The molecule has 2 heterocycles. The standard InChI is InChI=1S/C15H21NO2/c1-15(6-2-7-17-11-15)16-10-12-3-4-14-13(9-12)5-8-18-14/h3-4,9,16H,2,5-8,10-11H2,1H3. The summed E-state index contributed by atoms with van der Waals surface area (Å²) in [6.07, 6.45) is 3.39. The minimum absolute atomic E-state index is 0.133. The van der Waals surface area contributed by atoms with Gasteiger partial charge >= 0.3 is 0 Å². The normalized spacial score (nSPS) is 26.7. The van der Waals surface area contributed by atoms with Crippen molar-refractivity contribution in [3.8, 4) is 5.75 Å². The van der Waals surface area contributed by atoms with Gasteiger partial charge in [0.1, 0.15) is 5.75 Å². The molecular formula is C15H21NO2. The van der Waals surface area contributed by atoms with E-state index in [9.17, 15) is 0 Å². The minimum atomic E-state index is 0.133. The molecule has 1 aromatic rings. The van der Waals surface area contributed by atoms with E-state index in [1.54, 1.807) is 0 Å². The third-order valence-electron chi connectivity index (χ3n) is 3.91. The van der Waals surface area contributed by atoms with Crippen molar-refractivity contribution in [3.63, 3.8) is 0 Å². The molecular weight excluding hydrogens is 226 g/mol. The molecule has 0 spiro atoms. The van der Waals surface area contributed by atoms with Crippen LogP contribution in [0, 0.1) is 0 Å². The van der Waals surface area contributed by atoms with Crippen molar-refractivity contribution in [2.24, 2.45) is 0 Å². The maximum atomic E-state index is 5.57. The zero-order valence-corrected chi connectivity index (χ0v) is 11.0. The lowest BCUT2D eigenvalue weighted by Crippen LogP contribution is -2.48. The lowest BCUT2D eigenvalue weighted by atomic mass is 9.94. The Hall–Kier alpha value is -1.06. The monoisotopic (exact) mass is 247 g/mol. The molecule has 1 fully saturated rings. The van der Waals surface area contributed by atoms with Gasteiger partial charge in [-0.3, -0.25) is 0 Å². The Morgan fingerprint density at radius 3 is 3.11 bits per heavy atom. The average molecular weight is 247 g/mol. The van der Waals surface area contributed by atoms with E-state index in [1.807, 2.05) is 0 Å². The molecule has 0 radical (unpaired) electrons. The molecule has 1 unspecified atom stereocenters. The highest BCUT2D eigenvalue weighted by molar-refractivity contribution is 5.39. The molecule has 0 aliphatic carbocycles. The second-order valence-corrected chi connectivity index (χ2v) is 5.61. The summed E-state index contributed by atoms with van der Waals surface area (Å²) in [6.45, 7) is 5.72. The molecule has 3 nitrogen and oxygen atoms in total. The SMILES string of the molecule is CC1(NCc2ccc3c(c2)CCO3)CCCOC1. The molecule has 1 aromatic carbocycles. The summed E-state index contributed by atoms with van der Waals surface area (Å²) in [5, 5.41) is 3.64. The fourth-order valence-electron chi connectivity index (χ4n) is 2.74. The lowest BCUT2D eigenvalue weighted by molar-refractivity contribution is 0.0278. The van der Waals surface area contributed by atoms with E-state index in [4.69, 9.17) is 9.47 Å². The van der Waals surface area contributed by atoms with Crippen LogP contribution < -0.4 is 10.1 Å². The van der Waals surface area contributed by atoms with Gasteiger partial charge in [-0.15, -0.1) is 0 Å². The predicted octanol–water partition coefficient (Wildman–Crippen LogP) is 2.28. The van der Waals surface area contributed by atoms with Crippen LogP contribution in [0.5, 0.6) is 5.75 Å². The van der Waals surface area contributed by atoms with Gasteiger partial charge in [0, 0.05) is 25.1 Å². The van der Waals surface area contributed by atoms with Crippen LogP contribution in [-0.4, -0.2) is 25.4 Å². The Labute approximate surface area is 108 Å². The first-order valence-corrected chi connectivity index (χ1v) is 6.83. The number of hydrogen-bond acceptors (Lipinski definition) is 3. The van der Waals surface area contributed by atoms with Crippen molar-refractivity contribution in [2.45, 2.75) is 38.3 Å². The number of fused-ring (bicyclic) bond motifs is 1. The summed E-state index contributed by atoms with van der Waals surface area (Å²) in [7, 11) is 0. The summed E-state index contributed by atoms with van der Waals surface area (Å²) >= 11 is 0. The minimum Gasteiger partial charge on any atom is -0.493 e. The number of hydrogen-bond donors (Lipinski definition) is 1. The van der Waals surface area contributed by atoms with Crippen LogP contribution in [0.4, 0.5) is 0 Å². The highest BCUT2D eigenvalue weighted by atomic mass is 16.5. The topological polar surface area (TPSA) is 30.5 Å². The number of rotatable bonds is 3. The summed E-state index contributed by atoms with van der Waals surface area (Å²) in [4.78, 5) is 0. The van der Waals surface area contributed by atoms with Crippen molar-refractivity contribution in [1.82, 2.24) is 5.32 Å². The van der Waals surface area contributed by atoms with E-state index >= 15 is 0 Å². The highest BCUT2D eigenvalue weighted by Gasteiger charge is 2.26. The molecule has 0 bridgehead atoms. The molecule has 18 heavy (non-hydrogen) atoms. The van der Waals surface area contributed by atoms with Gasteiger partial charge in [-0.25, -0.2) is 0 Å². The molecule has 0 aromatic heterocycles. The first-order valence-electron chi connectivity index (χ1n) is 6.83. The Kier molecular flexibility index (Phi) is 3.27. The van der Waals surface area contributed by atoms with E-state index in [2.05, 4.69) is 30.4 Å². The average Bonchev–Trinajstić information content (AvgIpc) is 2.85. The number of ether oxygens (including phenoxy) is 2. The zero-order valence-electron chi connectivity index (χ0n) is 11.0. The van der Waals surface area contributed by atoms with E-state index in [0.29, 0.717) is 0 Å². The number of nitrogens with one attached hydrogen (secondary N) is 1. The number of benzene rings is 1. The quantitative estimate of drug-likeness (QED) is 0.889. The Morgan fingerprint density at radius 2 is 2.28 bits per heavy atom. The second kappa shape index (κ2) is 4.90. The maximum absolute atomic E-state index is 5.57. The summed E-state index contributed by atoms with van der Waals surface area (Å²) in [6, 6.07) is 6.52. The fourth-order valence-corrected chi connectivity index (χ4v) is 2.74. The van der Waals surface area contributed by atoms with Crippen LogP contribution in [-0.2, 0) is 17.7 Å². The fraction of sp³-hybridized carbons (Fsp3) is 0.600. The second-order valence-electron chi connectivity index (χ2n) is 5.61. The zero-order chi connectivity index (χ0) is 12.4.